The number of piperidine rings is 1. The molecule has 1 heterocycles. The number of hydrogen-bond donors (Lipinski definition) is 0. The van der Waals surface area contributed by atoms with Crippen LogP contribution in [0.15, 0.2) is 24.3 Å². The number of amides is 1. The van der Waals surface area contributed by atoms with Gasteiger partial charge in [0.1, 0.15) is 0 Å². The molecule has 1 aromatic rings. The zero-order valence-electron chi connectivity index (χ0n) is 10.7. The molecule has 0 aliphatic carbocycles. The van der Waals surface area contributed by atoms with E-state index in [-0.39, 0.29) is 0 Å². The highest BCUT2D eigenvalue weighted by Gasteiger charge is 2.39. The molecule has 0 N–H and O–H groups in total. The summed E-state index contributed by atoms with van der Waals surface area (Å²) < 4.78 is 37.3. The second-order valence-electron chi connectivity index (χ2n) is 4.99. The lowest BCUT2D eigenvalue weighted by atomic mass is 9.93. The first-order valence-electron chi connectivity index (χ1n) is 6.31. The second kappa shape index (κ2) is 5.23. The summed E-state index contributed by atoms with van der Waals surface area (Å²) >= 11 is 0. The van der Waals surface area contributed by atoms with Crippen molar-refractivity contribution in [2.45, 2.75) is 32.4 Å². The van der Waals surface area contributed by atoms with E-state index in [2.05, 4.69) is 0 Å². The highest BCUT2D eigenvalue weighted by molar-refractivity contribution is 5.95. The number of anilines is 1. The van der Waals surface area contributed by atoms with Gasteiger partial charge in [0.05, 0.1) is 6.42 Å². The third-order valence-corrected chi connectivity index (χ3v) is 3.34. The zero-order valence-corrected chi connectivity index (χ0v) is 10.7. The van der Waals surface area contributed by atoms with Crippen LogP contribution in [-0.2, 0) is 4.79 Å². The number of hydrogen-bond acceptors (Lipinski definition) is 1. The van der Waals surface area contributed by atoms with E-state index in [4.69, 9.17) is 0 Å². The van der Waals surface area contributed by atoms with Gasteiger partial charge in [-0.2, -0.15) is 13.2 Å². The van der Waals surface area contributed by atoms with Gasteiger partial charge in [0, 0.05) is 18.2 Å². The second-order valence-corrected chi connectivity index (χ2v) is 4.99. The predicted molar refractivity (Wildman–Crippen MR) is 66.9 cm³/mol. The molecule has 0 spiro atoms. The lowest BCUT2D eigenvalue weighted by Crippen LogP contribution is -2.42. The Hall–Kier alpha value is -1.52. The van der Waals surface area contributed by atoms with Gasteiger partial charge in [-0.15, -0.1) is 0 Å². The van der Waals surface area contributed by atoms with E-state index in [0.29, 0.717) is 25.1 Å². The summed E-state index contributed by atoms with van der Waals surface area (Å²) in [5.41, 5.74) is 1.68. The maximum atomic E-state index is 12.4. The third-order valence-electron chi connectivity index (χ3n) is 3.34. The molecular formula is C14H16F3NO. The van der Waals surface area contributed by atoms with Crippen LogP contribution < -0.4 is 4.90 Å². The van der Waals surface area contributed by atoms with Crippen LogP contribution in [0.5, 0.6) is 0 Å². The molecule has 2 nitrogen and oxygen atoms in total. The molecule has 0 radical (unpaired) electrons. The molecule has 5 heteroatoms. The average Bonchev–Trinajstić information content (AvgIpc) is 2.30. The van der Waals surface area contributed by atoms with Crippen LogP contribution in [0, 0.1) is 12.8 Å². The molecule has 0 unspecified atom stereocenters. The number of carbonyl (C=O) groups is 1. The summed E-state index contributed by atoms with van der Waals surface area (Å²) in [5.74, 6) is -1.34. The molecule has 1 aliphatic heterocycles. The Kier molecular flexibility index (Phi) is 3.83. The van der Waals surface area contributed by atoms with Crippen LogP contribution in [0.1, 0.15) is 24.8 Å². The number of benzene rings is 1. The molecule has 1 atom stereocenters. The first kappa shape index (κ1) is 13.9. The molecule has 104 valence electrons. The summed E-state index contributed by atoms with van der Waals surface area (Å²) in [6.07, 6.45) is -4.37. The van der Waals surface area contributed by atoms with Gasteiger partial charge in [-0.1, -0.05) is 12.1 Å². The highest BCUT2D eigenvalue weighted by atomic mass is 19.4. The normalized spacial score (nSPS) is 20.7. The average molecular weight is 271 g/mol. The standard InChI is InChI=1S/C14H16F3NO/c1-10-4-2-6-12(8-10)18-7-3-5-11(13(18)19)9-14(15,16)17/h2,4,6,8,11H,3,5,7,9H2,1H3/t11-/m0/s1. The van der Waals surface area contributed by atoms with E-state index in [9.17, 15) is 18.0 Å². The first-order chi connectivity index (χ1) is 8.87. The SMILES string of the molecule is Cc1cccc(N2CCC[C@@H](CC(F)(F)F)C2=O)c1. The fraction of sp³-hybridized carbons (Fsp3) is 0.500. The van der Waals surface area contributed by atoms with Crippen LogP contribution in [0.25, 0.3) is 0 Å². The van der Waals surface area contributed by atoms with E-state index in [1.807, 2.05) is 25.1 Å². The van der Waals surface area contributed by atoms with Crippen molar-refractivity contribution in [3.63, 3.8) is 0 Å². The van der Waals surface area contributed by atoms with Gasteiger partial charge in [0.2, 0.25) is 5.91 Å². The summed E-state index contributed by atoms with van der Waals surface area (Å²) in [7, 11) is 0. The van der Waals surface area contributed by atoms with Crippen LogP contribution in [0.4, 0.5) is 18.9 Å². The molecule has 2 rings (SSSR count). The van der Waals surface area contributed by atoms with E-state index >= 15 is 0 Å². The Morgan fingerprint density at radius 2 is 2.11 bits per heavy atom. The first-order valence-corrected chi connectivity index (χ1v) is 6.31. The molecule has 1 amide bonds. The molecule has 1 aromatic carbocycles. The largest absolute Gasteiger partial charge is 0.389 e. The van der Waals surface area contributed by atoms with Gasteiger partial charge in [-0.05, 0) is 37.5 Å². The molecular weight excluding hydrogens is 255 g/mol. The number of carbonyl (C=O) groups excluding carboxylic acids is 1. The molecule has 19 heavy (non-hydrogen) atoms. The van der Waals surface area contributed by atoms with Gasteiger partial charge < -0.3 is 4.90 Å². The summed E-state index contributed by atoms with van der Waals surface area (Å²) in [6.45, 7) is 2.39. The number of rotatable bonds is 2. The van der Waals surface area contributed by atoms with Crippen LogP contribution in [-0.4, -0.2) is 18.6 Å². The lowest BCUT2D eigenvalue weighted by molar-refractivity contribution is -0.154. The van der Waals surface area contributed by atoms with E-state index < -0.39 is 24.4 Å². The van der Waals surface area contributed by atoms with Gasteiger partial charge in [0.25, 0.3) is 0 Å². The van der Waals surface area contributed by atoms with Gasteiger partial charge >= 0.3 is 6.18 Å². The van der Waals surface area contributed by atoms with Crippen LogP contribution in [0.3, 0.4) is 0 Å². The lowest BCUT2D eigenvalue weighted by Gasteiger charge is -2.32. The number of alkyl halides is 3. The van der Waals surface area contributed by atoms with Crippen molar-refractivity contribution in [2.24, 2.45) is 5.92 Å². The Morgan fingerprint density at radius 3 is 2.74 bits per heavy atom. The van der Waals surface area contributed by atoms with Gasteiger partial charge in [-0.25, -0.2) is 0 Å². The van der Waals surface area contributed by atoms with E-state index in [0.717, 1.165) is 5.56 Å². The quantitative estimate of drug-likeness (QED) is 0.803. The zero-order chi connectivity index (χ0) is 14.0. The maximum absolute atomic E-state index is 12.4. The van der Waals surface area contributed by atoms with Crippen molar-refractivity contribution in [3.05, 3.63) is 29.8 Å². The Morgan fingerprint density at radius 1 is 1.37 bits per heavy atom. The fourth-order valence-electron chi connectivity index (χ4n) is 2.47. The monoisotopic (exact) mass is 271 g/mol. The fourth-order valence-corrected chi connectivity index (χ4v) is 2.47. The molecule has 0 bridgehead atoms. The van der Waals surface area contributed by atoms with Gasteiger partial charge in [0.15, 0.2) is 0 Å². The molecule has 1 fully saturated rings. The molecule has 0 aromatic heterocycles. The molecule has 1 aliphatic rings. The Bertz CT molecular complexity index is 470. The minimum atomic E-state index is -4.28. The number of aryl methyl sites for hydroxylation is 1. The summed E-state index contributed by atoms with van der Waals surface area (Å²) in [6, 6.07) is 7.30. The number of halogens is 3. The topological polar surface area (TPSA) is 20.3 Å². The van der Waals surface area contributed by atoms with Crippen molar-refractivity contribution < 1.29 is 18.0 Å². The molecule has 1 saturated heterocycles. The van der Waals surface area contributed by atoms with Crippen LogP contribution >= 0.6 is 0 Å². The van der Waals surface area contributed by atoms with Crippen molar-refractivity contribution in [1.29, 1.82) is 0 Å². The minimum Gasteiger partial charge on any atom is -0.312 e. The maximum Gasteiger partial charge on any atom is 0.389 e. The summed E-state index contributed by atoms with van der Waals surface area (Å²) in [4.78, 5) is 13.6. The van der Waals surface area contributed by atoms with Crippen molar-refractivity contribution >= 4 is 11.6 Å². The Labute approximate surface area is 110 Å². The third kappa shape index (κ3) is 3.49. The van der Waals surface area contributed by atoms with Crippen molar-refractivity contribution in [2.75, 3.05) is 11.4 Å². The highest BCUT2D eigenvalue weighted by Crippen LogP contribution is 2.33. The number of nitrogens with zero attached hydrogens (tertiary/aromatic N) is 1. The molecule has 0 saturated carbocycles. The van der Waals surface area contributed by atoms with Gasteiger partial charge in [-0.3, -0.25) is 4.79 Å². The Balaban J connectivity index is 2.16. The van der Waals surface area contributed by atoms with E-state index in [1.54, 1.807) is 6.07 Å². The van der Waals surface area contributed by atoms with Crippen molar-refractivity contribution in [1.82, 2.24) is 0 Å². The predicted octanol–water partition coefficient (Wildman–Crippen LogP) is 3.69. The smallest absolute Gasteiger partial charge is 0.312 e. The van der Waals surface area contributed by atoms with E-state index in [1.165, 1.54) is 4.90 Å². The minimum absolute atomic E-state index is 0.320. The van der Waals surface area contributed by atoms with Crippen LogP contribution in [0.2, 0.25) is 0 Å². The summed E-state index contributed by atoms with van der Waals surface area (Å²) in [5, 5.41) is 0. The van der Waals surface area contributed by atoms with Crippen molar-refractivity contribution in [3.8, 4) is 0 Å².